The van der Waals surface area contributed by atoms with E-state index in [4.69, 9.17) is 9.47 Å². The Bertz CT molecular complexity index is 816. The molecule has 1 aliphatic carbocycles. The molecule has 0 saturated heterocycles. The van der Waals surface area contributed by atoms with Crippen molar-refractivity contribution in [2.24, 2.45) is 0 Å². The Morgan fingerprint density at radius 2 is 2.04 bits per heavy atom. The first-order chi connectivity index (χ1) is 11.6. The van der Waals surface area contributed by atoms with Crippen LogP contribution in [0.1, 0.15) is 54.7 Å². The minimum absolute atomic E-state index is 0.171. The van der Waals surface area contributed by atoms with Gasteiger partial charge in [-0.15, -0.1) is 0 Å². The van der Waals surface area contributed by atoms with Gasteiger partial charge in [0.1, 0.15) is 17.3 Å². The highest BCUT2D eigenvalue weighted by Crippen LogP contribution is 2.38. The van der Waals surface area contributed by atoms with Crippen molar-refractivity contribution in [2.75, 3.05) is 0 Å². The highest BCUT2D eigenvalue weighted by Gasteiger charge is 2.25. The van der Waals surface area contributed by atoms with E-state index in [1.807, 2.05) is 26.0 Å². The van der Waals surface area contributed by atoms with Gasteiger partial charge in [0.25, 0.3) is 0 Å². The lowest BCUT2D eigenvalue weighted by atomic mass is 9.94. The Kier molecular flexibility index (Phi) is 3.71. The number of rotatable bonds is 2. The number of aryl methyl sites for hydroxylation is 2. The van der Waals surface area contributed by atoms with Gasteiger partial charge in [-0.3, -0.25) is 4.79 Å². The second-order valence-corrected chi connectivity index (χ2v) is 6.59. The van der Waals surface area contributed by atoms with Crippen molar-refractivity contribution in [1.82, 2.24) is 9.97 Å². The Morgan fingerprint density at radius 3 is 2.92 bits per heavy atom. The molecule has 5 heteroatoms. The van der Waals surface area contributed by atoms with Crippen molar-refractivity contribution in [2.45, 2.75) is 51.9 Å². The number of hydrogen-bond acceptors (Lipinski definition) is 5. The number of ether oxygens (including phenoxy) is 2. The quantitative estimate of drug-likeness (QED) is 0.620. The normalized spacial score (nSPS) is 19.2. The third-order valence-corrected chi connectivity index (χ3v) is 4.68. The molecule has 1 unspecified atom stereocenters. The van der Waals surface area contributed by atoms with Crippen LogP contribution in [0, 0.1) is 6.92 Å². The molecule has 124 valence electrons. The van der Waals surface area contributed by atoms with E-state index in [2.05, 4.69) is 9.97 Å². The standard InChI is InChI=1S/C19H20N2O3/c1-11-9-18(22)24-17-10-13(7-8-14(11)17)23-19-15-5-3-4-6-16(15)20-12(2)21-19/h7-8,10-11H,3-6,9H2,1-2H3. The van der Waals surface area contributed by atoms with Gasteiger partial charge in [-0.25, -0.2) is 4.98 Å². The van der Waals surface area contributed by atoms with Gasteiger partial charge in [-0.05, 0) is 50.2 Å². The van der Waals surface area contributed by atoms with Gasteiger partial charge in [-0.1, -0.05) is 13.0 Å². The number of benzene rings is 1. The van der Waals surface area contributed by atoms with Crippen molar-refractivity contribution in [3.63, 3.8) is 0 Å². The molecule has 0 radical (unpaired) electrons. The van der Waals surface area contributed by atoms with Crippen LogP contribution < -0.4 is 9.47 Å². The summed E-state index contributed by atoms with van der Waals surface area (Å²) in [5.74, 6) is 2.57. The first-order valence-corrected chi connectivity index (χ1v) is 8.49. The summed E-state index contributed by atoms with van der Waals surface area (Å²) in [5, 5.41) is 0. The topological polar surface area (TPSA) is 61.3 Å². The van der Waals surface area contributed by atoms with Crippen LogP contribution in [-0.4, -0.2) is 15.9 Å². The largest absolute Gasteiger partial charge is 0.438 e. The van der Waals surface area contributed by atoms with Crippen LogP contribution in [0.2, 0.25) is 0 Å². The van der Waals surface area contributed by atoms with Gasteiger partial charge in [0.2, 0.25) is 5.88 Å². The molecule has 0 bridgehead atoms. The molecule has 0 N–H and O–H groups in total. The van der Waals surface area contributed by atoms with Gasteiger partial charge < -0.3 is 9.47 Å². The summed E-state index contributed by atoms with van der Waals surface area (Å²) < 4.78 is 11.4. The fraction of sp³-hybridized carbons (Fsp3) is 0.421. The number of hydrogen-bond donors (Lipinski definition) is 0. The monoisotopic (exact) mass is 324 g/mol. The smallest absolute Gasteiger partial charge is 0.311 e. The summed E-state index contributed by atoms with van der Waals surface area (Å²) in [5.41, 5.74) is 3.25. The number of carbonyl (C=O) groups excluding carboxylic acids is 1. The molecule has 2 aliphatic rings. The van der Waals surface area contributed by atoms with Crippen molar-refractivity contribution < 1.29 is 14.3 Å². The van der Waals surface area contributed by atoms with Crippen LogP contribution >= 0.6 is 0 Å². The Labute approximate surface area is 141 Å². The van der Waals surface area contributed by atoms with Crippen LogP contribution in [0.4, 0.5) is 0 Å². The maximum absolute atomic E-state index is 11.7. The number of nitrogens with zero attached hydrogens (tertiary/aromatic N) is 2. The van der Waals surface area contributed by atoms with Gasteiger partial charge in [0.05, 0.1) is 12.1 Å². The zero-order valence-electron chi connectivity index (χ0n) is 14.0. The van der Waals surface area contributed by atoms with Crippen molar-refractivity contribution in [3.8, 4) is 17.4 Å². The highest BCUT2D eigenvalue weighted by molar-refractivity contribution is 5.76. The van der Waals surface area contributed by atoms with Crippen molar-refractivity contribution in [1.29, 1.82) is 0 Å². The highest BCUT2D eigenvalue weighted by atomic mass is 16.5. The summed E-state index contributed by atoms with van der Waals surface area (Å²) >= 11 is 0. The molecule has 1 aliphatic heterocycles. The van der Waals surface area contributed by atoms with Crippen molar-refractivity contribution in [3.05, 3.63) is 40.8 Å². The Morgan fingerprint density at radius 1 is 1.21 bits per heavy atom. The van der Waals surface area contributed by atoms with Gasteiger partial charge >= 0.3 is 5.97 Å². The van der Waals surface area contributed by atoms with E-state index in [1.165, 1.54) is 0 Å². The van der Waals surface area contributed by atoms with E-state index in [0.717, 1.165) is 48.3 Å². The average Bonchev–Trinajstić information content (AvgIpc) is 2.54. The third kappa shape index (κ3) is 2.75. The summed E-state index contributed by atoms with van der Waals surface area (Å²) in [6, 6.07) is 5.68. The third-order valence-electron chi connectivity index (χ3n) is 4.68. The molecule has 1 aromatic heterocycles. The molecule has 0 saturated carbocycles. The predicted octanol–water partition coefficient (Wildman–Crippen LogP) is 3.87. The van der Waals surface area contributed by atoms with Crippen LogP contribution in [0.3, 0.4) is 0 Å². The Hall–Kier alpha value is -2.43. The summed E-state index contributed by atoms with van der Waals surface area (Å²) in [4.78, 5) is 20.7. The molecule has 0 spiro atoms. The predicted molar refractivity (Wildman–Crippen MR) is 88.6 cm³/mol. The number of aromatic nitrogens is 2. The van der Waals surface area contributed by atoms with Crippen LogP contribution in [-0.2, 0) is 17.6 Å². The van der Waals surface area contributed by atoms with E-state index in [9.17, 15) is 4.79 Å². The molecular formula is C19H20N2O3. The fourth-order valence-corrected chi connectivity index (χ4v) is 3.47. The minimum Gasteiger partial charge on any atom is -0.438 e. The minimum atomic E-state index is -0.192. The van der Waals surface area contributed by atoms with Crippen LogP contribution in [0.25, 0.3) is 0 Å². The molecule has 4 rings (SSSR count). The zero-order valence-corrected chi connectivity index (χ0v) is 14.0. The first kappa shape index (κ1) is 15.1. The fourth-order valence-electron chi connectivity index (χ4n) is 3.47. The van der Waals surface area contributed by atoms with Gasteiger partial charge in [0.15, 0.2) is 0 Å². The average molecular weight is 324 g/mol. The first-order valence-electron chi connectivity index (χ1n) is 8.49. The maximum atomic E-state index is 11.7. The molecule has 1 atom stereocenters. The van der Waals surface area contributed by atoms with E-state index >= 15 is 0 Å². The van der Waals surface area contributed by atoms with Crippen LogP contribution in [0.15, 0.2) is 18.2 Å². The Balaban J connectivity index is 1.68. The zero-order chi connectivity index (χ0) is 16.7. The second kappa shape index (κ2) is 5.89. The summed E-state index contributed by atoms with van der Waals surface area (Å²) in [6.07, 6.45) is 4.65. The lowest BCUT2D eigenvalue weighted by molar-refractivity contribution is -0.135. The molecule has 0 amide bonds. The summed E-state index contributed by atoms with van der Waals surface area (Å²) in [6.45, 7) is 3.92. The lowest BCUT2D eigenvalue weighted by Gasteiger charge is -2.22. The van der Waals surface area contributed by atoms with E-state index in [-0.39, 0.29) is 11.9 Å². The molecule has 1 aromatic carbocycles. The summed E-state index contributed by atoms with van der Waals surface area (Å²) in [7, 11) is 0. The molecule has 24 heavy (non-hydrogen) atoms. The SMILES string of the molecule is Cc1nc2c(c(Oc3ccc4c(c3)OC(=O)CC4C)n1)CCCC2. The van der Waals surface area contributed by atoms with Gasteiger partial charge in [0, 0.05) is 11.6 Å². The van der Waals surface area contributed by atoms with Crippen molar-refractivity contribution >= 4 is 5.97 Å². The maximum Gasteiger partial charge on any atom is 0.311 e. The van der Waals surface area contributed by atoms with E-state index < -0.39 is 0 Å². The molecule has 5 nitrogen and oxygen atoms in total. The second-order valence-electron chi connectivity index (χ2n) is 6.59. The van der Waals surface area contributed by atoms with Gasteiger partial charge in [-0.2, -0.15) is 4.98 Å². The van der Waals surface area contributed by atoms with Crippen LogP contribution in [0.5, 0.6) is 17.4 Å². The van der Waals surface area contributed by atoms with E-state index in [0.29, 0.717) is 23.8 Å². The molecule has 0 fully saturated rings. The number of fused-ring (bicyclic) bond motifs is 2. The lowest BCUT2D eigenvalue weighted by Crippen LogP contribution is -2.18. The number of esters is 1. The molecular weight excluding hydrogens is 304 g/mol. The molecule has 2 heterocycles. The molecule has 2 aromatic rings. The number of carbonyl (C=O) groups is 1. The van der Waals surface area contributed by atoms with E-state index in [1.54, 1.807) is 6.07 Å².